The van der Waals surface area contributed by atoms with E-state index in [0.717, 1.165) is 10.8 Å². The van der Waals surface area contributed by atoms with Gasteiger partial charge in [0, 0.05) is 22.6 Å². The normalized spacial score (nSPS) is 10.9. The molecule has 3 aromatic rings. The van der Waals surface area contributed by atoms with Gasteiger partial charge in [0.1, 0.15) is 0 Å². The monoisotopic (exact) mass is 302 g/mol. The Morgan fingerprint density at radius 1 is 0.739 bits per heavy atom. The summed E-state index contributed by atoms with van der Waals surface area (Å²) in [7, 11) is 0. The van der Waals surface area contributed by atoms with Gasteiger partial charge < -0.3 is 0 Å². The van der Waals surface area contributed by atoms with Crippen molar-refractivity contribution in [3.63, 3.8) is 0 Å². The summed E-state index contributed by atoms with van der Waals surface area (Å²) in [6, 6.07) is 20.6. The summed E-state index contributed by atoms with van der Waals surface area (Å²) in [6.07, 6.45) is 0. The SMILES string of the molecule is CC(C)C(=O)c1ccccc1C(=O)c1ccc2ccccc2c1. The molecule has 0 aliphatic heterocycles. The summed E-state index contributed by atoms with van der Waals surface area (Å²) < 4.78 is 0. The highest BCUT2D eigenvalue weighted by molar-refractivity contribution is 6.16. The Morgan fingerprint density at radius 3 is 2.04 bits per heavy atom. The average molecular weight is 302 g/mol. The molecule has 0 heterocycles. The summed E-state index contributed by atoms with van der Waals surface area (Å²) in [5.41, 5.74) is 1.58. The van der Waals surface area contributed by atoms with E-state index >= 15 is 0 Å². The molecule has 0 saturated heterocycles. The number of Topliss-reactive ketones (excluding diaryl/α,β-unsaturated/α-hetero) is 1. The predicted molar refractivity (Wildman–Crippen MR) is 93.0 cm³/mol. The zero-order chi connectivity index (χ0) is 16.4. The van der Waals surface area contributed by atoms with Crippen LogP contribution in [0.4, 0.5) is 0 Å². The molecule has 0 N–H and O–H groups in total. The van der Waals surface area contributed by atoms with Crippen molar-refractivity contribution in [3.05, 3.63) is 83.4 Å². The van der Waals surface area contributed by atoms with Crippen LogP contribution in [-0.2, 0) is 0 Å². The summed E-state index contributed by atoms with van der Waals surface area (Å²) in [4.78, 5) is 25.2. The molecule has 0 fully saturated rings. The fourth-order valence-corrected chi connectivity index (χ4v) is 2.69. The van der Waals surface area contributed by atoms with Gasteiger partial charge >= 0.3 is 0 Å². The first-order chi connectivity index (χ1) is 11.1. The lowest BCUT2D eigenvalue weighted by Gasteiger charge is -2.10. The second-order valence-corrected chi connectivity index (χ2v) is 5.96. The molecule has 3 aromatic carbocycles. The van der Waals surface area contributed by atoms with Crippen molar-refractivity contribution in [2.75, 3.05) is 0 Å². The Hall–Kier alpha value is -2.74. The fraction of sp³-hybridized carbons (Fsp3) is 0.143. The molecular formula is C21H18O2. The molecule has 2 nitrogen and oxygen atoms in total. The highest BCUT2D eigenvalue weighted by Crippen LogP contribution is 2.21. The minimum Gasteiger partial charge on any atom is -0.294 e. The van der Waals surface area contributed by atoms with Crippen molar-refractivity contribution in [1.82, 2.24) is 0 Å². The lowest BCUT2D eigenvalue weighted by molar-refractivity contribution is 0.0929. The maximum atomic E-state index is 12.9. The molecule has 0 bridgehead atoms. The van der Waals surface area contributed by atoms with E-state index in [1.165, 1.54) is 0 Å². The zero-order valence-corrected chi connectivity index (χ0v) is 13.2. The van der Waals surface area contributed by atoms with Crippen LogP contribution in [-0.4, -0.2) is 11.6 Å². The number of hydrogen-bond acceptors (Lipinski definition) is 2. The van der Waals surface area contributed by atoms with Gasteiger partial charge in [-0.3, -0.25) is 9.59 Å². The van der Waals surface area contributed by atoms with Crippen molar-refractivity contribution >= 4 is 22.3 Å². The van der Waals surface area contributed by atoms with Gasteiger partial charge in [0.2, 0.25) is 0 Å². The Balaban J connectivity index is 2.07. The van der Waals surface area contributed by atoms with Crippen molar-refractivity contribution < 1.29 is 9.59 Å². The number of fused-ring (bicyclic) bond motifs is 1. The zero-order valence-electron chi connectivity index (χ0n) is 13.2. The third-order valence-electron chi connectivity index (χ3n) is 3.97. The first-order valence-electron chi connectivity index (χ1n) is 7.74. The Bertz CT molecular complexity index is 891. The first-order valence-corrected chi connectivity index (χ1v) is 7.74. The summed E-state index contributed by atoms with van der Waals surface area (Å²) in [5, 5.41) is 2.11. The molecule has 0 atom stereocenters. The minimum absolute atomic E-state index is 0.00487. The van der Waals surface area contributed by atoms with Crippen molar-refractivity contribution in [3.8, 4) is 0 Å². The Morgan fingerprint density at radius 2 is 1.35 bits per heavy atom. The molecule has 0 aliphatic carbocycles. The maximum Gasteiger partial charge on any atom is 0.193 e. The standard InChI is InChI=1S/C21H18O2/c1-14(2)20(22)18-9-5-6-10-19(18)21(23)17-12-11-15-7-3-4-8-16(15)13-17/h3-14H,1-2H3. The topological polar surface area (TPSA) is 34.1 Å². The van der Waals surface area contributed by atoms with Crippen LogP contribution in [0.5, 0.6) is 0 Å². The van der Waals surface area contributed by atoms with Crippen LogP contribution in [0.15, 0.2) is 66.7 Å². The van der Waals surface area contributed by atoms with Crippen LogP contribution in [0.1, 0.15) is 40.1 Å². The van der Waals surface area contributed by atoms with E-state index in [2.05, 4.69) is 0 Å². The van der Waals surface area contributed by atoms with Gasteiger partial charge in [-0.15, -0.1) is 0 Å². The number of rotatable bonds is 4. The minimum atomic E-state index is -0.138. The maximum absolute atomic E-state index is 12.9. The Labute approximate surface area is 135 Å². The molecule has 114 valence electrons. The molecule has 3 rings (SSSR count). The lowest BCUT2D eigenvalue weighted by Crippen LogP contribution is -2.14. The van der Waals surface area contributed by atoms with E-state index in [0.29, 0.717) is 16.7 Å². The van der Waals surface area contributed by atoms with Gasteiger partial charge in [-0.1, -0.05) is 74.5 Å². The van der Waals surface area contributed by atoms with E-state index in [1.807, 2.05) is 56.3 Å². The van der Waals surface area contributed by atoms with Gasteiger partial charge in [-0.2, -0.15) is 0 Å². The van der Waals surface area contributed by atoms with Crippen molar-refractivity contribution in [1.29, 1.82) is 0 Å². The molecule has 0 radical (unpaired) electrons. The van der Waals surface area contributed by atoms with E-state index in [9.17, 15) is 9.59 Å². The van der Waals surface area contributed by atoms with Crippen molar-refractivity contribution in [2.24, 2.45) is 5.92 Å². The smallest absolute Gasteiger partial charge is 0.193 e. The molecule has 0 unspecified atom stereocenters. The second-order valence-electron chi connectivity index (χ2n) is 5.96. The Kier molecular flexibility index (Phi) is 4.07. The van der Waals surface area contributed by atoms with Crippen LogP contribution in [0.25, 0.3) is 10.8 Å². The number of hydrogen-bond donors (Lipinski definition) is 0. The highest BCUT2D eigenvalue weighted by atomic mass is 16.1. The molecule has 0 aliphatic rings. The molecule has 0 spiro atoms. The van der Waals surface area contributed by atoms with Gasteiger partial charge in [0.15, 0.2) is 11.6 Å². The van der Waals surface area contributed by atoms with Gasteiger partial charge in [-0.05, 0) is 16.8 Å². The van der Waals surface area contributed by atoms with Gasteiger partial charge in [0.25, 0.3) is 0 Å². The third-order valence-corrected chi connectivity index (χ3v) is 3.97. The van der Waals surface area contributed by atoms with Crippen LogP contribution in [0.2, 0.25) is 0 Å². The molecule has 0 amide bonds. The van der Waals surface area contributed by atoms with E-state index in [4.69, 9.17) is 0 Å². The molecule has 23 heavy (non-hydrogen) atoms. The third kappa shape index (κ3) is 2.93. The molecule has 2 heteroatoms. The molecule has 0 saturated carbocycles. The van der Waals surface area contributed by atoms with Crippen LogP contribution in [0.3, 0.4) is 0 Å². The number of carbonyl (C=O) groups excluding carboxylic acids is 2. The van der Waals surface area contributed by atoms with E-state index in [1.54, 1.807) is 24.3 Å². The largest absolute Gasteiger partial charge is 0.294 e. The van der Waals surface area contributed by atoms with Crippen molar-refractivity contribution in [2.45, 2.75) is 13.8 Å². The molecular weight excluding hydrogens is 284 g/mol. The first kappa shape index (κ1) is 15.2. The van der Waals surface area contributed by atoms with E-state index < -0.39 is 0 Å². The predicted octanol–water partition coefficient (Wildman–Crippen LogP) is 4.91. The van der Waals surface area contributed by atoms with Crippen LogP contribution in [0, 0.1) is 5.92 Å². The van der Waals surface area contributed by atoms with Crippen LogP contribution < -0.4 is 0 Å². The summed E-state index contributed by atoms with van der Waals surface area (Å²) in [5.74, 6) is -0.254. The summed E-state index contributed by atoms with van der Waals surface area (Å²) in [6.45, 7) is 3.69. The number of benzene rings is 3. The highest BCUT2D eigenvalue weighted by Gasteiger charge is 2.19. The van der Waals surface area contributed by atoms with Crippen LogP contribution >= 0.6 is 0 Å². The number of ketones is 2. The fourth-order valence-electron chi connectivity index (χ4n) is 2.69. The van der Waals surface area contributed by atoms with Gasteiger partial charge in [0.05, 0.1) is 0 Å². The molecule has 0 aromatic heterocycles. The van der Waals surface area contributed by atoms with Gasteiger partial charge in [-0.25, -0.2) is 0 Å². The lowest BCUT2D eigenvalue weighted by atomic mass is 9.91. The van der Waals surface area contributed by atoms with E-state index in [-0.39, 0.29) is 17.5 Å². The quantitative estimate of drug-likeness (QED) is 0.642. The number of carbonyl (C=O) groups is 2. The average Bonchev–Trinajstić information content (AvgIpc) is 2.60. The second kappa shape index (κ2) is 6.17. The summed E-state index contributed by atoms with van der Waals surface area (Å²) >= 11 is 0.